The monoisotopic (exact) mass is 195 g/mol. The van der Waals surface area contributed by atoms with Crippen LogP contribution >= 0.6 is 0 Å². The molecule has 4 heteroatoms. The maximum atomic E-state index is 11.0. The summed E-state index contributed by atoms with van der Waals surface area (Å²) >= 11 is 0. The van der Waals surface area contributed by atoms with E-state index in [9.17, 15) is 4.79 Å². The minimum absolute atomic E-state index is 0.0491. The van der Waals surface area contributed by atoms with Crippen LogP contribution in [0.2, 0.25) is 0 Å². The Morgan fingerprint density at radius 3 is 2.79 bits per heavy atom. The van der Waals surface area contributed by atoms with Crippen LogP contribution in [-0.4, -0.2) is 24.6 Å². The molecular formula is C10H17N3O. The second-order valence-corrected chi connectivity index (χ2v) is 3.92. The Balaban J connectivity index is 2.54. The average molecular weight is 195 g/mol. The zero-order valence-electron chi connectivity index (χ0n) is 8.85. The summed E-state index contributed by atoms with van der Waals surface area (Å²) in [6.07, 6.45) is 3.84. The molecule has 0 saturated heterocycles. The predicted molar refractivity (Wildman–Crippen MR) is 56.3 cm³/mol. The van der Waals surface area contributed by atoms with Gasteiger partial charge < -0.3 is 15.6 Å². The van der Waals surface area contributed by atoms with Gasteiger partial charge in [0.25, 0.3) is 0 Å². The number of carbonyl (C=O) groups excluding carboxylic acids is 1. The average Bonchev–Trinajstić information content (AvgIpc) is 2.67. The summed E-state index contributed by atoms with van der Waals surface area (Å²) in [5.41, 5.74) is 1.14. The molecule has 2 amide bonds. The van der Waals surface area contributed by atoms with Crippen LogP contribution in [0.15, 0.2) is 18.5 Å². The normalized spacial score (nSPS) is 11.1. The lowest BCUT2D eigenvalue weighted by Crippen LogP contribution is -2.40. The van der Waals surface area contributed by atoms with Crippen LogP contribution in [0.1, 0.15) is 19.4 Å². The summed E-state index contributed by atoms with van der Waals surface area (Å²) in [7, 11) is 1.61. The lowest BCUT2D eigenvalue weighted by molar-refractivity contribution is 0.240. The van der Waals surface area contributed by atoms with E-state index in [1.807, 2.05) is 18.5 Å². The van der Waals surface area contributed by atoms with Crippen molar-refractivity contribution in [2.24, 2.45) is 0 Å². The second kappa shape index (κ2) is 4.17. The Labute approximate surface area is 84.1 Å². The van der Waals surface area contributed by atoms with Gasteiger partial charge in [0.15, 0.2) is 0 Å². The Hall–Kier alpha value is -1.45. The highest BCUT2D eigenvalue weighted by Gasteiger charge is 2.21. The smallest absolute Gasteiger partial charge is 0.314 e. The first-order chi connectivity index (χ1) is 6.56. The van der Waals surface area contributed by atoms with Gasteiger partial charge in [-0.3, -0.25) is 0 Å². The lowest BCUT2D eigenvalue weighted by atomic mass is 9.86. The zero-order valence-corrected chi connectivity index (χ0v) is 8.85. The van der Waals surface area contributed by atoms with Gasteiger partial charge in [0.05, 0.1) is 0 Å². The third-order valence-corrected chi connectivity index (χ3v) is 2.30. The van der Waals surface area contributed by atoms with Gasteiger partial charge in [0.2, 0.25) is 0 Å². The van der Waals surface area contributed by atoms with Crippen molar-refractivity contribution < 1.29 is 4.79 Å². The maximum Gasteiger partial charge on any atom is 0.314 e. The maximum absolute atomic E-state index is 11.0. The number of hydrogen-bond donors (Lipinski definition) is 3. The molecule has 0 atom stereocenters. The molecule has 0 aliphatic carbocycles. The summed E-state index contributed by atoms with van der Waals surface area (Å²) in [6.45, 7) is 4.79. The van der Waals surface area contributed by atoms with Crippen molar-refractivity contribution in [1.29, 1.82) is 0 Å². The minimum atomic E-state index is -0.145. The number of aromatic amines is 1. The number of urea groups is 1. The molecule has 0 bridgehead atoms. The van der Waals surface area contributed by atoms with E-state index in [0.29, 0.717) is 6.54 Å². The van der Waals surface area contributed by atoms with Crippen molar-refractivity contribution in [2.75, 3.05) is 13.6 Å². The van der Waals surface area contributed by atoms with Gasteiger partial charge in [-0.2, -0.15) is 0 Å². The highest BCUT2D eigenvalue weighted by molar-refractivity contribution is 5.73. The van der Waals surface area contributed by atoms with Gasteiger partial charge in [-0.25, -0.2) is 4.79 Å². The first-order valence-corrected chi connectivity index (χ1v) is 4.65. The standard InChI is InChI=1S/C10H17N3O/c1-10(2,7-13-9(14)11-3)8-4-5-12-6-8/h4-6,12H,7H2,1-3H3,(H2,11,13,14). The van der Waals surface area contributed by atoms with E-state index in [1.165, 1.54) is 5.56 Å². The molecule has 0 fully saturated rings. The van der Waals surface area contributed by atoms with Crippen LogP contribution in [0.25, 0.3) is 0 Å². The zero-order chi connectivity index (χ0) is 10.6. The van der Waals surface area contributed by atoms with Gasteiger partial charge in [-0.1, -0.05) is 13.8 Å². The third-order valence-electron chi connectivity index (χ3n) is 2.30. The summed E-state index contributed by atoms with van der Waals surface area (Å²) < 4.78 is 0. The van der Waals surface area contributed by atoms with Crippen molar-refractivity contribution in [3.63, 3.8) is 0 Å². The molecule has 0 aliphatic heterocycles. The Kier molecular flexibility index (Phi) is 3.17. The van der Waals surface area contributed by atoms with Gasteiger partial charge in [-0.15, -0.1) is 0 Å². The van der Waals surface area contributed by atoms with Crippen LogP contribution in [0.3, 0.4) is 0 Å². The Morgan fingerprint density at radius 1 is 1.57 bits per heavy atom. The molecule has 14 heavy (non-hydrogen) atoms. The highest BCUT2D eigenvalue weighted by Crippen LogP contribution is 2.21. The van der Waals surface area contributed by atoms with Crippen molar-refractivity contribution in [2.45, 2.75) is 19.3 Å². The van der Waals surface area contributed by atoms with Gasteiger partial charge in [0, 0.05) is 31.4 Å². The lowest BCUT2D eigenvalue weighted by Gasteiger charge is -2.23. The molecule has 0 saturated carbocycles. The van der Waals surface area contributed by atoms with E-state index < -0.39 is 0 Å². The number of carbonyl (C=O) groups is 1. The molecule has 0 aliphatic rings. The Morgan fingerprint density at radius 2 is 2.29 bits per heavy atom. The number of aromatic nitrogens is 1. The topological polar surface area (TPSA) is 56.9 Å². The first kappa shape index (κ1) is 10.6. The van der Waals surface area contributed by atoms with Crippen LogP contribution in [0.5, 0.6) is 0 Å². The van der Waals surface area contributed by atoms with E-state index in [-0.39, 0.29) is 11.4 Å². The summed E-state index contributed by atoms with van der Waals surface area (Å²) in [6, 6.07) is 1.87. The first-order valence-electron chi connectivity index (χ1n) is 4.65. The van der Waals surface area contributed by atoms with Crippen LogP contribution < -0.4 is 10.6 Å². The van der Waals surface area contributed by atoms with Crippen LogP contribution in [0.4, 0.5) is 4.79 Å². The van der Waals surface area contributed by atoms with E-state index >= 15 is 0 Å². The fourth-order valence-corrected chi connectivity index (χ4v) is 1.24. The largest absolute Gasteiger partial charge is 0.367 e. The van der Waals surface area contributed by atoms with E-state index in [1.54, 1.807) is 7.05 Å². The van der Waals surface area contributed by atoms with E-state index in [4.69, 9.17) is 0 Å². The number of H-pyrrole nitrogens is 1. The van der Waals surface area contributed by atoms with Gasteiger partial charge in [0.1, 0.15) is 0 Å². The Bertz CT molecular complexity index is 290. The molecule has 0 radical (unpaired) electrons. The molecular weight excluding hydrogens is 178 g/mol. The molecule has 0 spiro atoms. The fraction of sp³-hybridized carbons (Fsp3) is 0.500. The molecule has 0 unspecified atom stereocenters. The van der Waals surface area contributed by atoms with Crippen LogP contribution in [0, 0.1) is 0 Å². The van der Waals surface area contributed by atoms with Crippen molar-refractivity contribution in [1.82, 2.24) is 15.6 Å². The van der Waals surface area contributed by atoms with Gasteiger partial charge >= 0.3 is 6.03 Å². The van der Waals surface area contributed by atoms with Crippen LogP contribution in [-0.2, 0) is 5.41 Å². The molecule has 1 aromatic heterocycles. The molecule has 1 heterocycles. The van der Waals surface area contributed by atoms with Crippen molar-refractivity contribution >= 4 is 6.03 Å². The van der Waals surface area contributed by atoms with E-state index in [2.05, 4.69) is 29.5 Å². The second-order valence-electron chi connectivity index (χ2n) is 3.92. The molecule has 0 aromatic carbocycles. The molecule has 1 aromatic rings. The highest BCUT2D eigenvalue weighted by atomic mass is 16.2. The summed E-state index contributed by atoms with van der Waals surface area (Å²) in [5.74, 6) is 0. The summed E-state index contributed by atoms with van der Waals surface area (Å²) in [4.78, 5) is 14.0. The quantitative estimate of drug-likeness (QED) is 0.667. The third kappa shape index (κ3) is 2.52. The van der Waals surface area contributed by atoms with Crippen molar-refractivity contribution in [3.05, 3.63) is 24.0 Å². The number of amides is 2. The minimum Gasteiger partial charge on any atom is -0.367 e. The summed E-state index contributed by atoms with van der Waals surface area (Å²) in [5, 5.41) is 5.32. The predicted octanol–water partition coefficient (Wildman–Crippen LogP) is 1.22. The van der Waals surface area contributed by atoms with E-state index in [0.717, 1.165) is 0 Å². The SMILES string of the molecule is CNC(=O)NCC(C)(C)c1cc[nH]c1. The molecule has 4 nitrogen and oxygen atoms in total. The van der Waals surface area contributed by atoms with Crippen molar-refractivity contribution in [3.8, 4) is 0 Å². The number of hydrogen-bond acceptors (Lipinski definition) is 1. The molecule has 78 valence electrons. The number of rotatable bonds is 3. The molecule has 3 N–H and O–H groups in total. The van der Waals surface area contributed by atoms with Gasteiger partial charge in [-0.05, 0) is 11.6 Å². The fourth-order valence-electron chi connectivity index (χ4n) is 1.24. The molecule has 1 rings (SSSR count). The number of nitrogens with one attached hydrogen (secondary N) is 3.